The van der Waals surface area contributed by atoms with Gasteiger partial charge in [-0.25, -0.2) is 4.98 Å². The second-order valence-electron chi connectivity index (χ2n) is 5.60. The van der Waals surface area contributed by atoms with Crippen LogP contribution in [-0.2, 0) is 22.7 Å². The lowest BCUT2D eigenvalue weighted by Crippen LogP contribution is -2.00. The van der Waals surface area contributed by atoms with Gasteiger partial charge in [0.1, 0.15) is 30.4 Å². The van der Waals surface area contributed by atoms with Gasteiger partial charge in [0, 0.05) is 12.5 Å². The number of oxazole rings is 1. The maximum Gasteiger partial charge on any atom is 0.302 e. The molecule has 5 heteroatoms. The molecule has 0 saturated heterocycles. The van der Waals surface area contributed by atoms with Crippen LogP contribution in [0.1, 0.15) is 23.9 Å². The Balaban J connectivity index is 1.67. The zero-order chi connectivity index (χ0) is 17.6. The van der Waals surface area contributed by atoms with Gasteiger partial charge >= 0.3 is 5.97 Å². The number of rotatable bonds is 6. The average molecular weight is 337 g/mol. The third-order valence-electron chi connectivity index (χ3n) is 3.63. The maximum absolute atomic E-state index is 10.9. The van der Waals surface area contributed by atoms with Crippen molar-refractivity contribution in [3.8, 4) is 17.2 Å². The Bertz CT molecular complexity index is 855. The monoisotopic (exact) mass is 337 g/mol. The van der Waals surface area contributed by atoms with E-state index in [0.29, 0.717) is 18.2 Å². The van der Waals surface area contributed by atoms with Gasteiger partial charge < -0.3 is 13.9 Å². The summed E-state index contributed by atoms with van der Waals surface area (Å²) >= 11 is 0. The molecule has 0 aliphatic rings. The molecule has 5 nitrogen and oxygen atoms in total. The molecule has 0 aliphatic heterocycles. The summed E-state index contributed by atoms with van der Waals surface area (Å²) in [4.78, 5) is 15.4. The molecule has 128 valence electrons. The number of ether oxygens (including phenoxy) is 2. The lowest BCUT2D eigenvalue weighted by Gasteiger charge is -2.07. The minimum Gasteiger partial charge on any atom is -0.487 e. The van der Waals surface area contributed by atoms with Gasteiger partial charge in [0.25, 0.3) is 0 Å². The molecule has 0 aliphatic carbocycles. The Morgan fingerprint density at radius 2 is 1.88 bits per heavy atom. The van der Waals surface area contributed by atoms with Gasteiger partial charge in [-0.3, -0.25) is 4.79 Å². The zero-order valence-corrected chi connectivity index (χ0v) is 14.2. The highest BCUT2D eigenvalue weighted by Gasteiger charge is 2.12. The number of esters is 1. The molecule has 0 spiro atoms. The molecule has 3 aromatic rings. The van der Waals surface area contributed by atoms with Gasteiger partial charge in [-0.05, 0) is 36.8 Å². The first-order chi connectivity index (χ1) is 12.1. The summed E-state index contributed by atoms with van der Waals surface area (Å²) in [7, 11) is 0. The highest BCUT2D eigenvalue weighted by Crippen LogP contribution is 2.23. The van der Waals surface area contributed by atoms with Gasteiger partial charge in [0.2, 0.25) is 5.89 Å². The van der Waals surface area contributed by atoms with E-state index >= 15 is 0 Å². The van der Waals surface area contributed by atoms with Crippen molar-refractivity contribution in [1.82, 2.24) is 4.98 Å². The molecule has 0 amide bonds. The average Bonchev–Trinajstić information content (AvgIpc) is 3.00. The number of carbonyl (C=O) groups excluding carboxylic acids is 1. The molecule has 2 aromatic carbocycles. The van der Waals surface area contributed by atoms with Crippen LogP contribution in [-0.4, -0.2) is 11.0 Å². The van der Waals surface area contributed by atoms with Crippen molar-refractivity contribution < 1.29 is 18.7 Å². The number of hydrogen-bond donors (Lipinski definition) is 0. The summed E-state index contributed by atoms with van der Waals surface area (Å²) in [6, 6.07) is 17.2. The van der Waals surface area contributed by atoms with Crippen molar-refractivity contribution in [2.24, 2.45) is 0 Å². The normalized spacial score (nSPS) is 10.5. The molecule has 0 fully saturated rings. The Labute approximate surface area is 146 Å². The van der Waals surface area contributed by atoms with Crippen molar-refractivity contribution in [3.63, 3.8) is 0 Å². The largest absolute Gasteiger partial charge is 0.487 e. The van der Waals surface area contributed by atoms with Crippen LogP contribution < -0.4 is 4.74 Å². The second kappa shape index (κ2) is 7.66. The van der Waals surface area contributed by atoms with Crippen molar-refractivity contribution in [2.75, 3.05) is 0 Å². The molecular formula is C20H19NO4. The predicted molar refractivity (Wildman–Crippen MR) is 92.9 cm³/mol. The van der Waals surface area contributed by atoms with Crippen LogP contribution in [0.4, 0.5) is 0 Å². The first kappa shape index (κ1) is 16.8. The molecule has 0 saturated carbocycles. The van der Waals surface area contributed by atoms with Crippen molar-refractivity contribution >= 4 is 5.97 Å². The third kappa shape index (κ3) is 4.47. The fraction of sp³-hybridized carbons (Fsp3) is 0.200. The van der Waals surface area contributed by atoms with E-state index in [2.05, 4.69) is 4.98 Å². The first-order valence-electron chi connectivity index (χ1n) is 7.98. The van der Waals surface area contributed by atoms with E-state index in [-0.39, 0.29) is 12.6 Å². The van der Waals surface area contributed by atoms with Crippen LogP contribution in [0.5, 0.6) is 5.75 Å². The first-order valence-corrected chi connectivity index (χ1v) is 7.98. The third-order valence-corrected chi connectivity index (χ3v) is 3.63. The van der Waals surface area contributed by atoms with Gasteiger partial charge in [-0.15, -0.1) is 0 Å². The maximum atomic E-state index is 10.9. The topological polar surface area (TPSA) is 61.6 Å². The summed E-state index contributed by atoms with van der Waals surface area (Å²) < 4.78 is 16.5. The van der Waals surface area contributed by atoms with E-state index in [4.69, 9.17) is 13.9 Å². The summed E-state index contributed by atoms with van der Waals surface area (Å²) in [6.45, 7) is 3.79. The van der Waals surface area contributed by atoms with E-state index in [1.54, 1.807) is 0 Å². The van der Waals surface area contributed by atoms with Gasteiger partial charge in [-0.1, -0.05) is 30.3 Å². The molecular weight excluding hydrogens is 318 g/mol. The van der Waals surface area contributed by atoms with Gasteiger partial charge in [0.15, 0.2) is 0 Å². The minimum atomic E-state index is -0.307. The van der Waals surface area contributed by atoms with Crippen LogP contribution in [0.25, 0.3) is 11.5 Å². The standard InChI is InChI=1S/C20H19NO4/c1-14-19(21-20(25-14)17-8-4-3-5-9-17)13-24-18-10-6-7-16(11-18)12-23-15(2)22/h3-11H,12-13H2,1-2H3. The number of aryl methyl sites for hydroxylation is 1. The van der Waals surface area contributed by atoms with E-state index in [1.165, 1.54) is 6.92 Å². The Morgan fingerprint density at radius 1 is 1.08 bits per heavy atom. The molecule has 25 heavy (non-hydrogen) atoms. The van der Waals surface area contributed by atoms with Gasteiger partial charge in [0.05, 0.1) is 0 Å². The highest BCUT2D eigenvalue weighted by atomic mass is 16.5. The molecule has 0 atom stereocenters. The molecule has 0 N–H and O–H groups in total. The lowest BCUT2D eigenvalue weighted by atomic mass is 10.2. The predicted octanol–water partition coefficient (Wildman–Crippen LogP) is 4.29. The number of benzene rings is 2. The molecule has 1 heterocycles. The van der Waals surface area contributed by atoms with Crippen LogP contribution in [0.2, 0.25) is 0 Å². The fourth-order valence-electron chi connectivity index (χ4n) is 2.33. The number of aromatic nitrogens is 1. The summed E-state index contributed by atoms with van der Waals surface area (Å²) in [5.74, 6) is 1.70. The second-order valence-corrected chi connectivity index (χ2v) is 5.60. The summed E-state index contributed by atoms with van der Waals surface area (Å²) in [5.41, 5.74) is 2.55. The van der Waals surface area contributed by atoms with Crippen LogP contribution in [0.15, 0.2) is 59.0 Å². The molecule has 0 radical (unpaired) electrons. The fourth-order valence-corrected chi connectivity index (χ4v) is 2.33. The van der Waals surface area contributed by atoms with E-state index in [1.807, 2.05) is 61.5 Å². The minimum absolute atomic E-state index is 0.230. The molecule has 0 bridgehead atoms. The Hall–Kier alpha value is -3.08. The molecule has 0 unspecified atom stereocenters. The van der Waals surface area contributed by atoms with Crippen LogP contribution in [0.3, 0.4) is 0 Å². The Morgan fingerprint density at radius 3 is 2.64 bits per heavy atom. The van der Waals surface area contributed by atoms with E-state index < -0.39 is 0 Å². The van der Waals surface area contributed by atoms with Crippen molar-refractivity contribution in [3.05, 3.63) is 71.6 Å². The molecule has 1 aromatic heterocycles. The van der Waals surface area contributed by atoms with Crippen LogP contribution in [0, 0.1) is 6.92 Å². The van der Waals surface area contributed by atoms with Gasteiger partial charge in [-0.2, -0.15) is 0 Å². The summed E-state index contributed by atoms with van der Waals surface area (Å²) in [6.07, 6.45) is 0. The molecule has 3 rings (SSSR count). The zero-order valence-electron chi connectivity index (χ0n) is 14.2. The van der Waals surface area contributed by atoms with Crippen LogP contribution >= 0.6 is 0 Å². The van der Waals surface area contributed by atoms with Crippen molar-refractivity contribution in [1.29, 1.82) is 0 Å². The lowest BCUT2D eigenvalue weighted by molar-refractivity contribution is -0.142. The number of carbonyl (C=O) groups is 1. The smallest absolute Gasteiger partial charge is 0.302 e. The number of nitrogens with zero attached hydrogens (tertiary/aromatic N) is 1. The SMILES string of the molecule is CC(=O)OCc1cccc(OCc2nc(-c3ccccc3)oc2C)c1. The highest BCUT2D eigenvalue weighted by molar-refractivity contribution is 5.65. The number of hydrogen-bond acceptors (Lipinski definition) is 5. The summed E-state index contributed by atoms with van der Waals surface area (Å²) in [5, 5.41) is 0. The quantitative estimate of drug-likeness (QED) is 0.628. The van der Waals surface area contributed by atoms with E-state index in [9.17, 15) is 4.79 Å². The van der Waals surface area contributed by atoms with E-state index in [0.717, 1.165) is 22.6 Å². The van der Waals surface area contributed by atoms with Crippen molar-refractivity contribution in [2.45, 2.75) is 27.1 Å². The Kier molecular flexibility index (Phi) is 5.14.